The molecule has 0 atom stereocenters. The molecule has 0 saturated carbocycles. The van der Waals surface area contributed by atoms with Crippen LogP contribution < -0.4 is 0 Å². The molecule has 3 nitrogen and oxygen atoms in total. The van der Waals surface area contributed by atoms with Crippen LogP contribution in [0.4, 0.5) is 0 Å². The summed E-state index contributed by atoms with van der Waals surface area (Å²) in [6.45, 7) is 3.70. The summed E-state index contributed by atoms with van der Waals surface area (Å²) in [6.07, 6.45) is 2.12. The van der Waals surface area contributed by atoms with E-state index in [9.17, 15) is 4.79 Å². The van der Waals surface area contributed by atoms with E-state index in [2.05, 4.69) is 34.9 Å². The van der Waals surface area contributed by atoms with Crippen molar-refractivity contribution in [2.75, 3.05) is 27.2 Å². The van der Waals surface area contributed by atoms with Gasteiger partial charge in [0.25, 0.3) is 5.91 Å². The average Bonchev–Trinajstić information content (AvgIpc) is 2.41. The van der Waals surface area contributed by atoms with E-state index in [1.807, 2.05) is 30.0 Å². The Balaban J connectivity index is 2.07. The third kappa shape index (κ3) is 3.18. The Hall–Kier alpha value is -0.870. The van der Waals surface area contributed by atoms with Gasteiger partial charge < -0.3 is 9.80 Å². The van der Waals surface area contributed by atoms with Crippen LogP contribution in [0.25, 0.3) is 0 Å². The summed E-state index contributed by atoms with van der Waals surface area (Å²) in [7, 11) is 4.22. The van der Waals surface area contributed by atoms with E-state index >= 15 is 0 Å². The van der Waals surface area contributed by atoms with Crippen molar-refractivity contribution in [3.63, 3.8) is 0 Å². The fourth-order valence-electron chi connectivity index (χ4n) is 2.59. The van der Waals surface area contributed by atoms with Gasteiger partial charge in [-0.25, -0.2) is 0 Å². The smallest absolute Gasteiger partial charge is 0.254 e. The van der Waals surface area contributed by atoms with Gasteiger partial charge in [0.15, 0.2) is 0 Å². The van der Waals surface area contributed by atoms with E-state index in [0.717, 1.165) is 41.5 Å². The highest BCUT2D eigenvalue weighted by Gasteiger charge is 2.25. The van der Waals surface area contributed by atoms with Gasteiger partial charge in [-0.3, -0.25) is 4.79 Å². The van der Waals surface area contributed by atoms with Crippen LogP contribution >= 0.6 is 15.9 Å². The minimum Gasteiger partial charge on any atom is -0.339 e. The van der Waals surface area contributed by atoms with Gasteiger partial charge in [0.05, 0.1) is 0 Å². The number of amides is 1. The standard InChI is InChI=1S/C15H21BrN2O/c1-11-13(5-4-6-14(11)16)15(19)18-9-7-12(8-10-18)17(2)3/h4-6,12H,7-10H2,1-3H3. The van der Waals surface area contributed by atoms with E-state index < -0.39 is 0 Å². The van der Waals surface area contributed by atoms with Gasteiger partial charge in [0.1, 0.15) is 0 Å². The lowest BCUT2D eigenvalue weighted by molar-refractivity contribution is 0.0662. The second kappa shape index (κ2) is 6.06. The zero-order valence-electron chi connectivity index (χ0n) is 11.8. The van der Waals surface area contributed by atoms with Crippen molar-refractivity contribution in [1.29, 1.82) is 0 Å². The molecule has 1 aliphatic rings. The van der Waals surface area contributed by atoms with Gasteiger partial charge in [0.2, 0.25) is 0 Å². The van der Waals surface area contributed by atoms with Crippen LogP contribution in [0.15, 0.2) is 22.7 Å². The Kier molecular flexibility index (Phi) is 4.63. The number of hydrogen-bond donors (Lipinski definition) is 0. The molecule has 1 heterocycles. The number of piperidine rings is 1. The molecule has 19 heavy (non-hydrogen) atoms. The van der Waals surface area contributed by atoms with Gasteiger partial charge in [-0.2, -0.15) is 0 Å². The molecule has 1 amide bonds. The quantitative estimate of drug-likeness (QED) is 0.835. The monoisotopic (exact) mass is 324 g/mol. The van der Waals surface area contributed by atoms with Crippen molar-refractivity contribution in [2.45, 2.75) is 25.8 Å². The largest absolute Gasteiger partial charge is 0.339 e. The lowest BCUT2D eigenvalue weighted by atomic mass is 10.0. The Morgan fingerprint density at radius 1 is 1.32 bits per heavy atom. The van der Waals surface area contributed by atoms with Crippen molar-refractivity contribution in [1.82, 2.24) is 9.80 Å². The van der Waals surface area contributed by atoms with Crippen molar-refractivity contribution < 1.29 is 4.79 Å². The Labute approximate surface area is 123 Å². The summed E-state index contributed by atoms with van der Waals surface area (Å²) in [5.41, 5.74) is 1.85. The number of nitrogens with zero attached hydrogens (tertiary/aromatic N) is 2. The summed E-state index contributed by atoms with van der Waals surface area (Å²) < 4.78 is 1.00. The number of benzene rings is 1. The van der Waals surface area contributed by atoms with Crippen LogP contribution in [0.3, 0.4) is 0 Å². The van der Waals surface area contributed by atoms with Crippen LogP contribution in [-0.2, 0) is 0 Å². The predicted octanol–water partition coefficient (Wildman–Crippen LogP) is 2.92. The number of likely N-dealkylation sites (tertiary alicyclic amines) is 1. The highest BCUT2D eigenvalue weighted by atomic mass is 79.9. The van der Waals surface area contributed by atoms with Crippen LogP contribution in [-0.4, -0.2) is 48.9 Å². The molecule has 0 aliphatic carbocycles. The van der Waals surface area contributed by atoms with Crippen LogP contribution in [0, 0.1) is 6.92 Å². The minimum absolute atomic E-state index is 0.163. The molecule has 2 rings (SSSR count). The van der Waals surface area contributed by atoms with Gasteiger partial charge in [-0.15, -0.1) is 0 Å². The summed E-state index contributed by atoms with van der Waals surface area (Å²) in [5, 5.41) is 0. The Morgan fingerprint density at radius 3 is 2.53 bits per heavy atom. The summed E-state index contributed by atoms with van der Waals surface area (Å²) in [6, 6.07) is 6.43. The van der Waals surface area contributed by atoms with Crippen LogP contribution in [0.5, 0.6) is 0 Å². The normalized spacial score (nSPS) is 17.0. The van der Waals surface area contributed by atoms with Crippen LogP contribution in [0.2, 0.25) is 0 Å². The molecule has 4 heteroatoms. The van der Waals surface area contributed by atoms with Gasteiger partial charge in [0, 0.05) is 29.2 Å². The van der Waals surface area contributed by atoms with Gasteiger partial charge in [-0.05, 0) is 51.6 Å². The second-order valence-electron chi connectivity index (χ2n) is 5.40. The maximum Gasteiger partial charge on any atom is 0.254 e. The molecule has 0 spiro atoms. The average molecular weight is 325 g/mol. The summed E-state index contributed by atoms with van der Waals surface area (Å²) >= 11 is 3.49. The predicted molar refractivity (Wildman–Crippen MR) is 81.5 cm³/mol. The van der Waals surface area contributed by atoms with Crippen molar-refractivity contribution in [3.8, 4) is 0 Å². The third-order valence-electron chi connectivity index (χ3n) is 3.98. The lowest BCUT2D eigenvalue weighted by Gasteiger charge is -2.35. The molecule has 0 N–H and O–H groups in total. The van der Waals surface area contributed by atoms with E-state index in [0.29, 0.717) is 6.04 Å². The SMILES string of the molecule is Cc1c(Br)cccc1C(=O)N1CCC(N(C)C)CC1. The molecule has 1 aromatic rings. The number of carbonyl (C=O) groups excluding carboxylic acids is 1. The first kappa shape index (κ1) is 14.5. The van der Waals surface area contributed by atoms with Gasteiger partial charge in [-0.1, -0.05) is 22.0 Å². The first-order valence-electron chi connectivity index (χ1n) is 6.71. The fraction of sp³-hybridized carbons (Fsp3) is 0.533. The van der Waals surface area contributed by atoms with E-state index in [-0.39, 0.29) is 5.91 Å². The zero-order valence-corrected chi connectivity index (χ0v) is 13.4. The first-order chi connectivity index (χ1) is 9.00. The number of rotatable bonds is 2. The minimum atomic E-state index is 0.163. The second-order valence-corrected chi connectivity index (χ2v) is 6.25. The molecule has 1 aliphatic heterocycles. The molecular formula is C15H21BrN2O. The molecular weight excluding hydrogens is 304 g/mol. The van der Waals surface area contributed by atoms with Crippen molar-refractivity contribution >= 4 is 21.8 Å². The topological polar surface area (TPSA) is 23.6 Å². The molecule has 1 fully saturated rings. The maximum atomic E-state index is 12.5. The molecule has 0 unspecified atom stereocenters. The Morgan fingerprint density at radius 2 is 1.95 bits per heavy atom. The van der Waals surface area contributed by atoms with E-state index in [1.165, 1.54) is 0 Å². The van der Waals surface area contributed by atoms with Gasteiger partial charge >= 0.3 is 0 Å². The number of hydrogen-bond acceptors (Lipinski definition) is 2. The maximum absolute atomic E-state index is 12.5. The summed E-state index contributed by atoms with van der Waals surface area (Å²) in [4.78, 5) is 16.8. The molecule has 1 aromatic carbocycles. The first-order valence-corrected chi connectivity index (χ1v) is 7.51. The van der Waals surface area contributed by atoms with Crippen molar-refractivity contribution in [2.24, 2.45) is 0 Å². The number of carbonyl (C=O) groups is 1. The molecule has 104 valence electrons. The zero-order chi connectivity index (χ0) is 14.0. The highest BCUT2D eigenvalue weighted by Crippen LogP contribution is 2.22. The highest BCUT2D eigenvalue weighted by molar-refractivity contribution is 9.10. The molecule has 0 aromatic heterocycles. The molecule has 1 saturated heterocycles. The molecule has 0 bridgehead atoms. The van der Waals surface area contributed by atoms with E-state index in [1.54, 1.807) is 0 Å². The van der Waals surface area contributed by atoms with E-state index in [4.69, 9.17) is 0 Å². The third-order valence-corrected chi connectivity index (χ3v) is 4.84. The summed E-state index contributed by atoms with van der Waals surface area (Å²) in [5.74, 6) is 0.163. The number of halogens is 1. The molecule has 0 radical (unpaired) electrons. The fourth-order valence-corrected chi connectivity index (χ4v) is 2.96. The van der Waals surface area contributed by atoms with Crippen molar-refractivity contribution in [3.05, 3.63) is 33.8 Å². The lowest BCUT2D eigenvalue weighted by Crippen LogP contribution is -2.44. The van der Waals surface area contributed by atoms with Crippen LogP contribution in [0.1, 0.15) is 28.8 Å². The Bertz CT molecular complexity index is 465.